The Morgan fingerprint density at radius 1 is 1.06 bits per heavy atom. The molecular weight excluding hydrogens is 430 g/mol. The van der Waals surface area contributed by atoms with Crippen LogP contribution in [0.1, 0.15) is 38.9 Å². The van der Waals surface area contributed by atoms with E-state index in [1.807, 2.05) is 63.2 Å². The molecule has 1 atom stereocenters. The maximum absolute atomic E-state index is 12.8. The largest absolute Gasteiger partial charge is 0.387 e. The molecule has 8 nitrogen and oxygen atoms in total. The summed E-state index contributed by atoms with van der Waals surface area (Å²) in [6.45, 7) is 6.23. The Morgan fingerprint density at radius 3 is 2.56 bits per heavy atom. The van der Waals surface area contributed by atoms with Crippen molar-refractivity contribution in [1.82, 2.24) is 15.0 Å². The van der Waals surface area contributed by atoms with Gasteiger partial charge in [0.25, 0.3) is 5.56 Å². The summed E-state index contributed by atoms with van der Waals surface area (Å²) in [5.41, 5.74) is 3.02. The highest BCUT2D eigenvalue weighted by Gasteiger charge is 2.19. The minimum atomic E-state index is -0.742. The van der Waals surface area contributed by atoms with Gasteiger partial charge in [0, 0.05) is 19.2 Å². The number of H-pyrrole nitrogens is 2. The van der Waals surface area contributed by atoms with E-state index in [2.05, 4.69) is 25.6 Å². The number of nitrogens with one attached hydrogen (secondary N) is 4. The Bertz CT molecular complexity index is 1350. The van der Waals surface area contributed by atoms with Gasteiger partial charge < -0.3 is 25.7 Å². The summed E-state index contributed by atoms with van der Waals surface area (Å²) in [7, 11) is 0. The van der Waals surface area contributed by atoms with Gasteiger partial charge in [0.1, 0.15) is 16.9 Å². The zero-order valence-electron chi connectivity index (χ0n) is 19.5. The lowest BCUT2D eigenvalue weighted by Gasteiger charge is -2.17. The third kappa shape index (κ3) is 5.35. The number of rotatable bonds is 7. The summed E-state index contributed by atoms with van der Waals surface area (Å²) in [5.74, 6) is 0.269. The number of amides is 1. The monoisotopic (exact) mass is 459 g/mol. The number of benzene rings is 2. The van der Waals surface area contributed by atoms with Crippen LogP contribution in [0.25, 0.3) is 22.4 Å². The van der Waals surface area contributed by atoms with Crippen molar-refractivity contribution < 1.29 is 9.90 Å². The molecule has 2 heterocycles. The number of imidazole rings is 1. The van der Waals surface area contributed by atoms with Crippen LogP contribution in [0.5, 0.6) is 0 Å². The highest BCUT2D eigenvalue weighted by molar-refractivity contribution is 6.00. The first-order chi connectivity index (χ1) is 16.2. The van der Waals surface area contributed by atoms with Crippen LogP contribution in [0.15, 0.2) is 65.6 Å². The number of aromatic amines is 2. The minimum absolute atomic E-state index is 0.0978. The second-order valence-corrected chi connectivity index (χ2v) is 9.48. The number of pyridine rings is 1. The summed E-state index contributed by atoms with van der Waals surface area (Å²) in [6, 6.07) is 16.5. The molecular formula is C26H29N5O3. The van der Waals surface area contributed by atoms with Gasteiger partial charge in [-0.3, -0.25) is 9.59 Å². The number of aliphatic hydroxyl groups is 1. The molecule has 0 saturated carbocycles. The lowest BCUT2D eigenvalue weighted by atomic mass is 9.92. The number of aliphatic hydroxyl groups excluding tert-OH is 1. The number of para-hydroxylation sites is 1. The zero-order valence-corrected chi connectivity index (χ0v) is 19.5. The highest BCUT2D eigenvalue weighted by Crippen LogP contribution is 2.29. The van der Waals surface area contributed by atoms with E-state index < -0.39 is 6.10 Å². The number of aromatic nitrogens is 3. The number of anilines is 2. The van der Waals surface area contributed by atoms with Crippen molar-refractivity contribution in [3.05, 3.63) is 76.7 Å². The van der Waals surface area contributed by atoms with E-state index in [0.717, 1.165) is 5.56 Å². The fraction of sp³-hybridized carbons (Fsp3) is 0.269. The molecule has 4 aromatic rings. The second-order valence-electron chi connectivity index (χ2n) is 9.48. The van der Waals surface area contributed by atoms with E-state index in [9.17, 15) is 14.7 Å². The van der Waals surface area contributed by atoms with Crippen molar-refractivity contribution >= 4 is 28.3 Å². The zero-order chi connectivity index (χ0) is 24.3. The van der Waals surface area contributed by atoms with Gasteiger partial charge in [-0.25, -0.2) is 4.98 Å². The maximum atomic E-state index is 12.8. The summed E-state index contributed by atoms with van der Waals surface area (Å²) < 4.78 is 0. The second kappa shape index (κ2) is 9.52. The Morgan fingerprint density at radius 2 is 1.82 bits per heavy atom. The molecule has 0 saturated heterocycles. The Kier molecular flexibility index (Phi) is 6.51. The van der Waals surface area contributed by atoms with Crippen molar-refractivity contribution in [1.29, 1.82) is 0 Å². The molecule has 0 bridgehead atoms. The van der Waals surface area contributed by atoms with Crippen LogP contribution in [0.4, 0.5) is 11.4 Å². The molecule has 34 heavy (non-hydrogen) atoms. The SMILES string of the molecule is CC(C)(C)CC(=O)Nc1cccc2[nH]c(-c3c(NC[C@H](O)c4ccccc4)cc[nH]c3=O)nc12. The number of hydrogen-bond acceptors (Lipinski definition) is 5. The first-order valence-corrected chi connectivity index (χ1v) is 11.2. The maximum Gasteiger partial charge on any atom is 0.261 e. The quantitative estimate of drug-likeness (QED) is 0.280. The van der Waals surface area contributed by atoms with Crippen LogP contribution < -0.4 is 16.2 Å². The molecule has 0 spiro atoms. The van der Waals surface area contributed by atoms with E-state index in [1.54, 1.807) is 18.3 Å². The third-order valence-corrected chi connectivity index (χ3v) is 5.35. The van der Waals surface area contributed by atoms with E-state index in [1.165, 1.54) is 0 Å². The van der Waals surface area contributed by atoms with E-state index in [4.69, 9.17) is 0 Å². The van der Waals surface area contributed by atoms with Crippen LogP contribution in [0.2, 0.25) is 0 Å². The summed E-state index contributed by atoms with van der Waals surface area (Å²) in [5, 5.41) is 16.6. The topological polar surface area (TPSA) is 123 Å². The fourth-order valence-electron chi connectivity index (χ4n) is 3.79. The first-order valence-electron chi connectivity index (χ1n) is 11.2. The molecule has 0 aliphatic carbocycles. The Balaban J connectivity index is 1.63. The van der Waals surface area contributed by atoms with Gasteiger partial charge in [-0.2, -0.15) is 0 Å². The Hall–Kier alpha value is -3.91. The molecule has 0 aliphatic rings. The van der Waals surface area contributed by atoms with Gasteiger partial charge in [-0.1, -0.05) is 57.2 Å². The molecule has 2 aromatic carbocycles. The van der Waals surface area contributed by atoms with Gasteiger partial charge in [-0.05, 0) is 29.2 Å². The molecule has 1 amide bonds. The number of carbonyl (C=O) groups excluding carboxylic acids is 1. The van der Waals surface area contributed by atoms with E-state index >= 15 is 0 Å². The van der Waals surface area contributed by atoms with Crippen LogP contribution >= 0.6 is 0 Å². The fourth-order valence-corrected chi connectivity index (χ4v) is 3.79. The van der Waals surface area contributed by atoms with Crippen molar-refractivity contribution in [2.45, 2.75) is 33.3 Å². The highest BCUT2D eigenvalue weighted by atomic mass is 16.3. The first kappa shape index (κ1) is 23.3. The molecule has 4 rings (SSSR count). The minimum Gasteiger partial charge on any atom is -0.387 e. The Labute approximate surface area is 197 Å². The average molecular weight is 460 g/mol. The predicted molar refractivity (Wildman–Crippen MR) is 135 cm³/mol. The van der Waals surface area contributed by atoms with E-state index in [-0.39, 0.29) is 23.4 Å². The van der Waals surface area contributed by atoms with Gasteiger partial charge >= 0.3 is 0 Å². The number of nitrogens with zero attached hydrogens (tertiary/aromatic N) is 1. The summed E-state index contributed by atoms with van der Waals surface area (Å²) in [4.78, 5) is 35.8. The van der Waals surface area contributed by atoms with Crippen molar-refractivity contribution in [3.8, 4) is 11.4 Å². The van der Waals surface area contributed by atoms with Gasteiger partial charge in [-0.15, -0.1) is 0 Å². The number of carbonyl (C=O) groups is 1. The van der Waals surface area contributed by atoms with Crippen LogP contribution in [0.3, 0.4) is 0 Å². The molecule has 176 valence electrons. The molecule has 2 aromatic heterocycles. The third-order valence-electron chi connectivity index (χ3n) is 5.35. The van der Waals surface area contributed by atoms with Crippen molar-refractivity contribution in [2.75, 3.05) is 17.2 Å². The van der Waals surface area contributed by atoms with Gasteiger partial charge in [0.15, 0.2) is 0 Å². The summed E-state index contributed by atoms with van der Waals surface area (Å²) in [6.07, 6.45) is 1.18. The normalized spacial score (nSPS) is 12.5. The molecule has 0 unspecified atom stereocenters. The molecule has 0 radical (unpaired) electrons. The van der Waals surface area contributed by atoms with Gasteiger partial charge in [0.05, 0.1) is 23.0 Å². The van der Waals surface area contributed by atoms with Crippen LogP contribution in [0, 0.1) is 5.41 Å². The van der Waals surface area contributed by atoms with E-state index in [0.29, 0.717) is 40.2 Å². The standard InChI is InChI=1S/C26H29N5O3/c1-26(2,3)14-21(33)29-18-10-7-11-19-23(18)31-24(30-19)22-17(12-13-27-25(22)34)28-15-20(32)16-8-5-4-6-9-16/h4-13,20,32H,14-15H2,1-3H3,(H,29,33)(H,30,31)(H2,27,28,34)/t20-/m0/s1. The lowest BCUT2D eigenvalue weighted by Crippen LogP contribution is -2.19. The van der Waals surface area contributed by atoms with Crippen molar-refractivity contribution in [3.63, 3.8) is 0 Å². The van der Waals surface area contributed by atoms with Gasteiger partial charge in [0.2, 0.25) is 5.91 Å². The summed E-state index contributed by atoms with van der Waals surface area (Å²) >= 11 is 0. The molecule has 0 aliphatic heterocycles. The van der Waals surface area contributed by atoms with Crippen molar-refractivity contribution in [2.24, 2.45) is 5.41 Å². The molecule has 0 fully saturated rings. The smallest absolute Gasteiger partial charge is 0.261 e. The van der Waals surface area contributed by atoms with Crippen LogP contribution in [-0.4, -0.2) is 32.5 Å². The predicted octanol–water partition coefficient (Wildman–Crippen LogP) is 4.44. The molecule has 8 heteroatoms. The van der Waals surface area contributed by atoms with Crippen LogP contribution in [-0.2, 0) is 4.79 Å². The number of fused-ring (bicyclic) bond motifs is 1. The molecule has 5 N–H and O–H groups in total. The average Bonchev–Trinajstić information content (AvgIpc) is 3.21. The lowest BCUT2D eigenvalue weighted by molar-refractivity contribution is -0.117. The number of hydrogen-bond donors (Lipinski definition) is 5.